The maximum Gasteiger partial charge on any atom is 0.275 e. The minimum absolute atomic E-state index is 0.339. The van der Waals surface area contributed by atoms with Gasteiger partial charge in [-0.1, -0.05) is 82.7 Å². The summed E-state index contributed by atoms with van der Waals surface area (Å²) in [5, 5.41) is 3.97. The Morgan fingerprint density at radius 2 is 1.71 bits per heavy atom. The minimum Gasteiger partial charge on any atom is -0.488 e. The molecule has 0 unspecified atom stereocenters. The van der Waals surface area contributed by atoms with Gasteiger partial charge in [-0.15, -0.1) is 0 Å². The quantitative estimate of drug-likeness (QED) is 0.396. The summed E-state index contributed by atoms with van der Waals surface area (Å²) in [4.78, 5) is 12.5. The number of carbonyl (C=O) groups is 1. The van der Waals surface area contributed by atoms with Crippen LogP contribution in [0.25, 0.3) is 6.08 Å². The lowest BCUT2D eigenvalue weighted by Crippen LogP contribution is -2.18. The molecule has 0 aliphatic carbocycles. The highest BCUT2D eigenvalue weighted by molar-refractivity contribution is 9.10. The second-order valence-electron chi connectivity index (χ2n) is 5.90. The van der Waals surface area contributed by atoms with Crippen LogP contribution in [0.3, 0.4) is 0 Å². The third-order valence-corrected chi connectivity index (χ3v) is 4.33. The number of hydrazone groups is 1. The Bertz CT molecular complexity index is 970. The van der Waals surface area contributed by atoms with Crippen LogP contribution in [0.4, 0.5) is 0 Å². The van der Waals surface area contributed by atoms with E-state index in [-0.39, 0.29) is 5.91 Å². The van der Waals surface area contributed by atoms with Gasteiger partial charge in [-0.05, 0) is 35.4 Å². The molecule has 3 rings (SSSR count). The maximum atomic E-state index is 12.5. The minimum atomic E-state index is -0.339. The SMILES string of the molecule is O=C(N/N=C/C=C/c1ccccc1)c1cc(Br)ccc1OCc1ccccc1. The molecule has 1 amide bonds. The van der Waals surface area contributed by atoms with Crippen molar-refractivity contribution in [2.45, 2.75) is 6.61 Å². The predicted octanol–water partition coefficient (Wildman–Crippen LogP) is 5.46. The zero-order valence-corrected chi connectivity index (χ0v) is 16.7. The topological polar surface area (TPSA) is 50.7 Å². The number of benzene rings is 3. The Kier molecular flexibility index (Phi) is 7.15. The number of rotatable bonds is 7. The fourth-order valence-corrected chi connectivity index (χ4v) is 2.82. The van der Waals surface area contributed by atoms with Gasteiger partial charge in [0.15, 0.2) is 0 Å². The monoisotopic (exact) mass is 434 g/mol. The van der Waals surface area contributed by atoms with Crippen molar-refractivity contribution in [2.24, 2.45) is 5.10 Å². The van der Waals surface area contributed by atoms with E-state index in [1.54, 1.807) is 18.2 Å². The number of carbonyl (C=O) groups excluding carboxylic acids is 1. The van der Waals surface area contributed by atoms with Gasteiger partial charge in [0, 0.05) is 10.7 Å². The molecule has 0 aliphatic rings. The molecular formula is C23H19BrN2O2. The number of hydrogen-bond donors (Lipinski definition) is 1. The molecule has 0 spiro atoms. The predicted molar refractivity (Wildman–Crippen MR) is 116 cm³/mol. The van der Waals surface area contributed by atoms with E-state index < -0.39 is 0 Å². The Hall–Kier alpha value is -3.18. The van der Waals surface area contributed by atoms with Gasteiger partial charge >= 0.3 is 0 Å². The van der Waals surface area contributed by atoms with Crippen molar-refractivity contribution in [3.05, 3.63) is 106 Å². The van der Waals surface area contributed by atoms with Gasteiger partial charge in [-0.2, -0.15) is 5.10 Å². The van der Waals surface area contributed by atoms with E-state index in [2.05, 4.69) is 26.5 Å². The molecule has 0 saturated carbocycles. The van der Waals surface area contributed by atoms with Gasteiger partial charge in [0.1, 0.15) is 12.4 Å². The lowest BCUT2D eigenvalue weighted by molar-refractivity contribution is 0.0950. The molecule has 0 aliphatic heterocycles. The third kappa shape index (κ3) is 5.93. The van der Waals surface area contributed by atoms with Crippen molar-refractivity contribution in [1.82, 2.24) is 5.43 Å². The zero-order chi connectivity index (χ0) is 19.6. The fourth-order valence-electron chi connectivity index (χ4n) is 2.46. The van der Waals surface area contributed by atoms with E-state index in [1.165, 1.54) is 6.21 Å². The van der Waals surface area contributed by atoms with Crippen molar-refractivity contribution >= 4 is 34.1 Å². The number of allylic oxidation sites excluding steroid dienone is 1. The average molecular weight is 435 g/mol. The van der Waals surface area contributed by atoms with Gasteiger partial charge in [-0.25, -0.2) is 5.43 Å². The molecule has 3 aromatic carbocycles. The van der Waals surface area contributed by atoms with Crippen LogP contribution in [-0.2, 0) is 6.61 Å². The van der Waals surface area contributed by atoms with Gasteiger partial charge in [0.25, 0.3) is 5.91 Å². The second kappa shape index (κ2) is 10.2. The molecule has 3 aromatic rings. The molecule has 0 aromatic heterocycles. The summed E-state index contributed by atoms with van der Waals surface area (Å²) in [7, 11) is 0. The van der Waals surface area contributed by atoms with E-state index in [9.17, 15) is 4.79 Å². The Morgan fingerprint density at radius 3 is 2.46 bits per heavy atom. The molecule has 4 nitrogen and oxygen atoms in total. The average Bonchev–Trinajstić information content (AvgIpc) is 2.74. The highest BCUT2D eigenvalue weighted by Gasteiger charge is 2.13. The molecule has 28 heavy (non-hydrogen) atoms. The maximum absolute atomic E-state index is 12.5. The number of amides is 1. The largest absolute Gasteiger partial charge is 0.488 e. The van der Waals surface area contributed by atoms with Crippen molar-refractivity contribution < 1.29 is 9.53 Å². The molecular weight excluding hydrogens is 416 g/mol. The number of hydrogen-bond acceptors (Lipinski definition) is 3. The lowest BCUT2D eigenvalue weighted by atomic mass is 10.2. The summed E-state index contributed by atoms with van der Waals surface area (Å²) in [6, 6.07) is 25.0. The van der Waals surface area contributed by atoms with Crippen LogP contribution in [0.2, 0.25) is 0 Å². The molecule has 0 atom stereocenters. The summed E-state index contributed by atoms with van der Waals surface area (Å²) in [5.41, 5.74) is 5.03. The van der Waals surface area contributed by atoms with Gasteiger partial charge in [0.05, 0.1) is 5.56 Å². The van der Waals surface area contributed by atoms with Crippen LogP contribution in [-0.4, -0.2) is 12.1 Å². The fraction of sp³-hybridized carbons (Fsp3) is 0.0435. The Labute approximate surface area is 172 Å². The number of halogens is 1. The molecule has 0 saturated heterocycles. The van der Waals surface area contributed by atoms with Crippen molar-refractivity contribution in [2.75, 3.05) is 0 Å². The molecule has 5 heteroatoms. The summed E-state index contributed by atoms with van der Waals surface area (Å²) >= 11 is 3.39. The molecule has 0 fully saturated rings. The van der Waals surface area contributed by atoms with Crippen LogP contribution >= 0.6 is 15.9 Å². The molecule has 0 radical (unpaired) electrons. The van der Waals surface area contributed by atoms with Crippen LogP contribution < -0.4 is 10.2 Å². The van der Waals surface area contributed by atoms with Crippen LogP contribution in [0, 0.1) is 0 Å². The molecule has 0 bridgehead atoms. The van der Waals surface area contributed by atoms with Crippen LogP contribution in [0.5, 0.6) is 5.75 Å². The van der Waals surface area contributed by atoms with Crippen molar-refractivity contribution in [3.63, 3.8) is 0 Å². The smallest absolute Gasteiger partial charge is 0.275 e. The third-order valence-electron chi connectivity index (χ3n) is 3.84. The summed E-state index contributed by atoms with van der Waals surface area (Å²) < 4.78 is 6.63. The van der Waals surface area contributed by atoms with Gasteiger partial charge < -0.3 is 4.74 Å². The number of nitrogens with zero attached hydrogens (tertiary/aromatic N) is 1. The normalized spacial score (nSPS) is 11.0. The van der Waals surface area contributed by atoms with Crippen molar-refractivity contribution in [3.8, 4) is 5.75 Å². The molecule has 140 valence electrons. The zero-order valence-electron chi connectivity index (χ0n) is 15.1. The Morgan fingerprint density at radius 1 is 1.00 bits per heavy atom. The van der Waals surface area contributed by atoms with Crippen LogP contribution in [0.15, 0.2) is 94.5 Å². The van der Waals surface area contributed by atoms with E-state index in [4.69, 9.17) is 4.74 Å². The van der Waals surface area contributed by atoms with Crippen molar-refractivity contribution in [1.29, 1.82) is 0 Å². The standard InChI is InChI=1S/C23H19BrN2O2/c24-20-13-14-22(28-17-19-10-5-2-6-11-19)21(16-20)23(27)26-25-15-7-12-18-8-3-1-4-9-18/h1-16H,17H2,(H,26,27)/b12-7+,25-15+. The van der Waals surface area contributed by atoms with Gasteiger partial charge in [0.2, 0.25) is 0 Å². The lowest BCUT2D eigenvalue weighted by Gasteiger charge is -2.11. The first-order valence-electron chi connectivity index (χ1n) is 8.74. The van der Waals surface area contributed by atoms with E-state index >= 15 is 0 Å². The first-order chi connectivity index (χ1) is 13.7. The first kappa shape index (κ1) is 19.6. The highest BCUT2D eigenvalue weighted by atomic mass is 79.9. The van der Waals surface area contributed by atoms with Crippen LogP contribution in [0.1, 0.15) is 21.5 Å². The molecule has 0 heterocycles. The summed E-state index contributed by atoms with van der Waals surface area (Å²) in [6.45, 7) is 0.381. The number of nitrogens with one attached hydrogen (secondary N) is 1. The highest BCUT2D eigenvalue weighted by Crippen LogP contribution is 2.24. The number of ether oxygens (including phenoxy) is 1. The van der Waals surface area contributed by atoms with Gasteiger partial charge in [-0.3, -0.25) is 4.79 Å². The second-order valence-corrected chi connectivity index (χ2v) is 6.82. The van der Waals surface area contributed by atoms with E-state index in [0.717, 1.165) is 15.6 Å². The van der Waals surface area contributed by atoms with E-state index in [0.29, 0.717) is 17.9 Å². The summed E-state index contributed by atoms with van der Waals surface area (Å²) in [5.74, 6) is 0.160. The first-order valence-corrected chi connectivity index (χ1v) is 9.53. The summed E-state index contributed by atoms with van der Waals surface area (Å²) in [6.07, 6.45) is 5.21. The Balaban J connectivity index is 1.63. The van der Waals surface area contributed by atoms with E-state index in [1.807, 2.05) is 72.8 Å². The molecule has 1 N–H and O–H groups in total.